The minimum atomic E-state index is -2.67. The van der Waals surface area contributed by atoms with Crippen molar-refractivity contribution in [1.29, 1.82) is 0 Å². The molecule has 0 saturated heterocycles. The van der Waals surface area contributed by atoms with Crippen molar-refractivity contribution in [2.24, 2.45) is 5.92 Å². The summed E-state index contributed by atoms with van der Waals surface area (Å²) >= 11 is 9.72. The molecule has 6 N–H and O–H groups in total. The number of amides is 2. The van der Waals surface area contributed by atoms with Crippen molar-refractivity contribution in [3.8, 4) is 0 Å². The Hall–Kier alpha value is -3.63. The van der Waals surface area contributed by atoms with Crippen molar-refractivity contribution in [2.45, 2.75) is 38.2 Å². The topological polar surface area (TPSA) is 108 Å². The average Bonchev–Trinajstić information content (AvgIpc) is 2.91. The van der Waals surface area contributed by atoms with Gasteiger partial charge in [0.05, 0.1) is 22.1 Å². The van der Waals surface area contributed by atoms with Gasteiger partial charge in [-0.3, -0.25) is 9.59 Å². The lowest BCUT2D eigenvalue weighted by atomic mass is 9.86. The minimum Gasteiger partial charge on any atom is -0.397 e. The molecule has 0 heterocycles. The first-order chi connectivity index (χ1) is 19.0. The van der Waals surface area contributed by atoms with Crippen LogP contribution in [0.2, 0.25) is 5.02 Å². The standard InChI is InChI=1S/C29H29BrClF2N5O2/c1-17(36-25-9-3-20(15-24(25)34)28(40)38-22-6-4-21(30)5-7-22)37-26-14-18(2-8-23(26)31)16-35-27(39)19-10-12-29(32,33)13-11-19/h2-9,14-15,19,36-37H,1,10-13,16,34H2,(H,35,39)(H,38,40). The highest BCUT2D eigenvalue weighted by atomic mass is 79.9. The molecule has 0 aliphatic heterocycles. The molecule has 0 spiro atoms. The Morgan fingerprint density at radius 3 is 2.33 bits per heavy atom. The SMILES string of the molecule is C=C(Nc1ccc(C(=O)Nc2ccc(Br)cc2)cc1N)Nc1cc(CNC(=O)C2CCC(F)(F)CC2)ccc1Cl. The zero-order chi connectivity index (χ0) is 28.9. The Bertz CT molecular complexity index is 1410. The highest BCUT2D eigenvalue weighted by Crippen LogP contribution is 2.36. The number of anilines is 4. The van der Waals surface area contributed by atoms with E-state index in [9.17, 15) is 18.4 Å². The van der Waals surface area contributed by atoms with Gasteiger partial charge in [-0.25, -0.2) is 8.78 Å². The first-order valence-corrected chi connectivity index (χ1v) is 13.8. The summed E-state index contributed by atoms with van der Waals surface area (Å²) in [7, 11) is 0. The fourth-order valence-electron chi connectivity index (χ4n) is 4.32. The number of hydrogen-bond donors (Lipinski definition) is 5. The summed E-state index contributed by atoms with van der Waals surface area (Å²) in [6, 6.07) is 17.3. The Kier molecular flexibility index (Phi) is 9.32. The molecular weight excluding hydrogens is 604 g/mol. The van der Waals surface area contributed by atoms with Gasteiger partial charge in [0.1, 0.15) is 5.82 Å². The molecule has 210 valence electrons. The van der Waals surface area contributed by atoms with E-state index in [4.69, 9.17) is 17.3 Å². The molecule has 40 heavy (non-hydrogen) atoms. The predicted octanol–water partition coefficient (Wildman–Crippen LogP) is 7.37. The van der Waals surface area contributed by atoms with Crippen LogP contribution in [0, 0.1) is 5.92 Å². The third-order valence-corrected chi connectivity index (χ3v) is 7.43. The van der Waals surface area contributed by atoms with Crippen LogP contribution in [0.1, 0.15) is 41.6 Å². The Morgan fingerprint density at radius 1 is 0.975 bits per heavy atom. The van der Waals surface area contributed by atoms with E-state index in [1.807, 2.05) is 12.1 Å². The number of carbonyl (C=O) groups excluding carboxylic acids is 2. The van der Waals surface area contributed by atoms with Gasteiger partial charge < -0.3 is 27.0 Å². The van der Waals surface area contributed by atoms with Crippen LogP contribution < -0.4 is 27.0 Å². The van der Waals surface area contributed by atoms with Gasteiger partial charge in [-0.05, 0) is 73.0 Å². The minimum absolute atomic E-state index is 0.178. The van der Waals surface area contributed by atoms with E-state index in [1.165, 1.54) is 0 Å². The number of halogens is 4. The van der Waals surface area contributed by atoms with Crippen LogP contribution in [0.3, 0.4) is 0 Å². The number of nitrogens with one attached hydrogen (secondary N) is 4. The molecule has 1 aliphatic carbocycles. The highest BCUT2D eigenvalue weighted by molar-refractivity contribution is 9.10. The first-order valence-electron chi connectivity index (χ1n) is 12.6. The molecule has 11 heteroatoms. The molecule has 1 saturated carbocycles. The van der Waals surface area contributed by atoms with Crippen molar-refractivity contribution in [3.63, 3.8) is 0 Å². The van der Waals surface area contributed by atoms with E-state index >= 15 is 0 Å². The van der Waals surface area contributed by atoms with Crippen LogP contribution in [0.5, 0.6) is 0 Å². The van der Waals surface area contributed by atoms with Crippen molar-refractivity contribution in [1.82, 2.24) is 5.32 Å². The normalized spacial score (nSPS) is 14.7. The van der Waals surface area contributed by atoms with Gasteiger partial charge >= 0.3 is 0 Å². The molecule has 0 aromatic heterocycles. The van der Waals surface area contributed by atoms with E-state index in [-0.39, 0.29) is 44.0 Å². The van der Waals surface area contributed by atoms with Gasteiger partial charge in [-0.1, -0.05) is 40.2 Å². The molecule has 1 fully saturated rings. The third kappa shape index (κ3) is 7.95. The number of nitrogen functional groups attached to an aromatic ring is 1. The quantitative estimate of drug-likeness (QED) is 0.158. The summed E-state index contributed by atoms with van der Waals surface area (Å²) in [5.74, 6) is -3.22. The monoisotopic (exact) mass is 631 g/mol. The lowest BCUT2D eigenvalue weighted by Crippen LogP contribution is -2.35. The smallest absolute Gasteiger partial charge is 0.255 e. The Balaban J connectivity index is 1.32. The third-order valence-electron chi connectivity index (χ3n) is 6.57. The summed E-state index contributed by atoms with van der Waals surface area (Å²) < 4.78 is 27.7. The number of rotatable bonds is 9. The summed E-state index contributed by atoms with van der Waals surface area (Å²) in [4.78, 5) is 25.1. The predicted molar refractivity (Wildman–Crippen MR) is 160 cm³/mol. The maximum absolute atomic E-state index is 13.4. The molecule has 3 aromatic rings. The molecule has 0 bridgehead atoms. The van der Waals surface area contributed by atoms with Crippen molar-refractivity contribution in [3.05, 3.63) is 93.7 Å². The van der Waals surface area contributed by atoms with Crippen LogP contribution in [0.15, 0.2) is 77.5 Å². The van der Waals surface area contributed by atoms with Crippen LogP contribution in [0.4, 0.5) is 31.5 Å². The summed E-state index contributed by atoms with van der Waals surface area (Å²) in [5, 5.41) is 12.2. The largest absolute Gasteiger partial charge is 0.397 e. The molecule has 1 aliphatic rings. The zero-order valence-electron chi connectivity index (χ0n) is 21.5. The fraction of sp³-hybridized carbons (Fsp3) is 0.241. The second kappa shape index (κ2) is 12.7. The molecule has 3 aromatic carbocycles. The van der Waals surface area contributed by atoms with Crippen molar-refractivity contribution >= 4 is 62.1 Å². The summed E-state index contributed by atoms with van der Waals surface area (Å²) in [6.07, 6.45) is -0.168. The van der Waals surface area contributed by atoms with Gasteiger partial charge in [-0.2, -0.15) is 0 Å². The average molecular weight is 633 g/mol. The van der Waals surface area contributed by atoms with Crippen LogP contribution in [-0.4, -0.2) is 17.7 Å². The van der Waals surface area contributed by atoms with Gasteiger partial charge in [0.15, 0.2) is 0 Å². The molecule has 0 unspecified atom stereocenters. The van der Waals surface area contributed by atoms with Crippen molar-refractivity contribution < 1.29 is 18.4 Å². The Morgan fingerprint density at radius 2 is 1.65 bits per heavy atom. The lowest BCUT2D eigenvalue weighted by molar-refractivity contribution is -0.129. The molecule has 0 atom stereocenters. The zero-order valence-corrected chi connectivity index (χ0v) is 23.8. The van der Waals surface area contributed by atoms with Gasteiger partial charge in [0.25, 0.3) is 5.91 Å². The van der Waals surface area contributed by atoms with Gasteiger partial charge in [0, 0.05) is 41.0 Å². The van der Waals surface area contributed by atoms with Crippen molar-refractivity contribution in [2.75, 3.05) is 21.7 Å². The lowest BCUT2D eigenvalue weighted by Gasteiger charge is -2.27. The second-order valence-electron chi connectivity index (χ2n) is 9.65. The van der Waals surface area contributed by atoms with Crippen LogP contribution >= 0.6 is 27.5 Å². The molecule has 0 radical (unpaired) electrons. The van der Waals surface area contributed by atoms with Gasteiger partial charge in [-0.15, -0.1) is 0 Å². The second-order valence-corrected chi connectivity index (χ2v) is 11.0. The van der Waals surface area contributed by atoms with Crippen LogP contribution in [0.25, 0.3) is 0 Å². The number of alkyl halides is 2. The molecule has 4 rings (SSSR count). The number of carbonyl (C=O) groups is 2. The van der Waals surface area contributed by atoms with E-state index < -0.39 is 11.8 Å². The highest BCUT2D eigenvalue weighted by Gasteiger charge is 2.37. The van der Waals surface area contributed by atoms with E-state index in [2.05, 4.69) is 43.8 Å². The summed E-state index contributed by atoms with van der Waals surface area (Å²) in [6.45, 7) is 4.20. The maximum atomic E-state index is 13.4. The Labute approximate surface area is 244 Å². The number of benzene rings is 3. The van der Waals surface area contributed by atoms with Crippen LogP contribution in [-0.2, 0) is 11.3 Å². The first kappa shape index (κ1) is 29.4. The molecular formula is C29H29BrClF2N5O2. The summed E-state index contributed by atoms with van der Waals surface area (Å²) in [5.41, 5.74) is 9.44. The van der Waals surface area contributed by atoms with E-state index in [0.29, 0.717) is 39.2 Å². The van der Waals surface area contributed by atoms with E-state index in [1.54, 1.807) is 48.5 Å². The van der Waals surface area contributed by atoms with Gasteiger partial charge in [0.2, 0.25) is 11.8 Å². The molecule has 7 nitrogen and oxygen atoms in total. The number of hydrogen-bond acceptors (Lipinski definition) is 5. The fourth-order valence-corrected chi connectivity index (χ4v) is 4.75. The number of nitrogens with two attached hydrogens (primary N) is 1. The molecule has 2 amide bonds. The maximum Gasteiger partial charge on any atom is 0.255 e. The van der Waals surface area contributed by atoms with E-state index in [0.717, 1.165) is 10.0 Å².